The van der Waals surface area contributed by atoms with E-state index in [1.54, 1.807) is 37.1 Å². The van der Waals surface area contributed by atoms with Gasteiger partial charge >= 0.3 is 0 Å². The van der Waals surface area contributed by atoms with Gasteiger partial charge in [-0.15, -0.1) is 0 Å². The molecule has 3 nitrogen and oxygen atoms in total. The van der Waals surface area contributed by atoms with E-state index in [2.05, 4.69) is 5.32 Å². The highest BCUT2D eigenvalue weighted by Crippen LogP contribution is 2.18. The Morgan fingerprint density at radius 2 is 2.10 bits per heavy atom. The van der Waals surface area contributed by atoms with E-state index in [-0.39, 0.29) is 11.5 Å². The summed E-state index contributed by atoms with van der Waals surface area (Å²) in [4.78, 5) is 13.9. The van der Waals surface area contributed by atoms with Gasteiger partial charge in [0.2, 0.25) is 0 Å². The highest BCUT2D eigenvalue weighted by atomic mass is 19.1. The van der Waals surface area contributed by atoms with Crippen molar-refractivity contribution in [2.45, 2.75) is 26.2 Å². The van der Waals surface area contributed by atoms with Crippen LogP contribution in [0.5, 0.6) is 0 Å². The van der Waals surface area contributed by atoms with E-state index < -0.39 is 5.82 Å². The molecule has 0 saturated carbocycles. The number of nitrogens with one attached hydrogen (secondary N) is 1. The predicted octanol–water partition coefficient (Wildman–Crippen LogP) is 2.60. The maximum absolute atomic E-state index is 14.0. The van der Waals surface area contributed by atoms with Crippen LogP contribution in [0.25, 0.3) is 0 Å². The summed E-state index contributed by atoms with van der Waals surface area (Å²) < 4.78 is 14.0. The molecule has 1 amide bonds. The zero-order chi connectivity index (χ0) is 14.5. The predicted molar refractivity (Wildman–Crippen MR) is 78.3 cm³/mol. The van der Waals surface area contributed by atoms with Crippen LogP contribution in [-0.4, -0.2) is 37.5 Å². The minimum atomic E-state index is -0.397. The van der Waals surface area contributed by atoms with Crippen molar-refractivity contribution >= 4 is 5.91 Å². The molecule has 1 saturated heterocycles. The van der Waals surface area contributed by atoms with Gasteiger partial charge < -0.3 is 10.2 Å². The lowest BCUT2D eigenvalue weighted by Crippen LogP contribution is -2.33. The Bertz CT molecular complexity index is 470. The average Bonchev–Trinajstić information content (AvgIpc) is 2.48. The number of amides is 1. The van der Waals surface area contributed by atoms with E-state index in [1.807, 2.05) is 0 Å². The minimum absolute atomic E-state index is 0.179. The fourth-order valence-corrected chi connectivity index (χ4v) is 2.67. The number of hydrogen-bond donors (Lipinski definition) is 1. The van der Waals surface area contributed by atoms with Crippen LogP contribution >= 0.6 is 0 Å². The smallest absolute Gasteiger partial charge is 0.256 e. The molecule has 1 heterocycles. The largest absolute Gasteiger partial charge is 0.342 e. The first kappa shape index (κ1) is 15.0. The summed E-state index contributed by atoms with van der Waals surface area (Å²) in [5, 5.41) is 3.33. The van der Waals surface area contributed by atoms with Crippen molar-refractivity contribution in [1.29, 1.82) is 0 Å². The first-order valence-corrected chi connectivity index (χ1v) is 7.31. The van der Waals surface area contributed by atoms with E-state index in [0.29, 0.717) is 18.0 Å². The summed E-state index contributed by atoms with van der Waals surface area (Å²) >= 11 is 0. The number of carbonyl (C=O) groups is 1. The van der Waals surface area contributed by atoms with Gasteiger partial charge in [-0.25, -0.2) is 4.39 Å². The van der Waals surface area contributed by atoms with Gasteiger partial charge in [-0.1, -0.05) is 12.1 Å². The molecule has 1 aliphatic heterocycles. The Morgan fingerprint density at radius 3 is 2.80 bits per heavy atom. The van der Waals surface area contributed by atoms with E-state index in [4.69, 9.17) is 0 Å². The summed E-state index contributed by atoms with van der Waals surface area (Å²) in [6.07, 6.45) is 3.33. The number of carbonyl (C=O) groups excluding carboxylic acids is 1. The summed E-state index contributed by atoms with van der Waals surface area (Å²) in [6, 6.07) is 4.97. The molecule has 1 fully saturated rings. The maximum atomic E-state index is 14.0. The molecule has 0 aliphatic carbocycles. The highest BCUT2D eigenvalue weighted by Gasteiger charge is 2.19. The lowest BCUT2D eigenvalue weighted by atomic mass is 9.94. The van der Waals surface area contributed by atoms with Crippen LogP contribution < -0.4 is 5.32 Å². The normalized spacial score (nSPS) is 16.1. The van der Waals surface area contributed by atoms with E-state index in [0.717, 1.165) is 19.5 Å². The molecule has 1 N–H and O–H groups in total. The van der Waals surface area contributed by atoms with Crippen LogP contribution in [0.2, 0.25) is 0 Å². The SMILES string of the molecule is Cc1cccc(C(=O)N(C)CCC2CCNCC2)c1F. The van der Waals surface area contributed by atoms with Crippen molar-refractivity contribution in [3.8, 4) is 0 Å². The molecule has 20 heavy (non-hydrogen) atoms. The monoisotopic (exact) mass is 278 g/mol. The molecule has 1 aliphatic rings. The molecule has 0 unspecified atom stereocenters. The maximum Gasteiger partial charge on any atom is 0.256 e. The fraction of sp³-hybridized carbons (Fsp3) is 0.562. The summed E-state index contributed by atoms with van der Waals surface area (Å²) in [5.74, 6) is 0.0557. The molecule has 110 valence electrons. The third-order valence-corrected chi connectivity index (χ3v) is 4.10. The quantitative estimate of drug-likeness (QED) is 0.918. The molecule has 1 aromatic rings. The van der Waals surface area contributed by atoms with Gasteiger partial charge in [-0.3, -0.25) is 4.79 Å². The second-order valence-electron chi connectivity index (χ2n) is 5.65. The van der Waals surface area contributed by atoms with E-state index in [1.165, 1.54) is 12.8 Å². The van der Waals surface area contributed by atoms with Crippen LogP contribution in [0, 0.1) is 18.7 Å². The number of hydrogen-bond acceptors (Lipinski definition) is 2. The number of benzene rings is 1. The average molecular weight is 278 g/mol. The van der Waals surface area contributed by atoms with Gasteiger partial charge in [0.05, 0.1) is 5.56 Å². The second kappa shape index (κ2) is 6.84. The van der Waals surface area contributed by atoms with Crippen LogP contribution in [0.3, 0.4) is 0 Å². The zero-order valence-corrected chi connectivity index (χ0v) is 12.3. The van der Waals surface area contributed by atoms with E-state index in [9.17, 15) is 9.18 Å². The number of halogens is 1. The molecule has 0 aromatic heterocycles. The molecule has 0 bridgehead atoms. The van der Waals surface area contributed by atoms with Gasteiger partial charge in [-0.05, 0) is 56.8 Å². The molecular weight excluding hydrogens is 255 g/mol. The third-order valence-electron chi connectivity index (χ3n) is 4.10. The number of piperidine rings is 1. The first-order valence-electron chi connectivity index (χ1n) is 7.31. The fourth-order valence-electron chi connectivity index (χ4n) is 2.67. The molecule has 1 aromatic carbocycles. The second-order valence-corrected chi connectivity index (χ2v) is 5.65. The standard InChI is InChI=1S/C16H23FN2O/c1-12-4-3-5-14(15(12)17)16(20)19(2)11-8-13-6-9-18-10-7-13/h3-5,13,18H,6-11H2,1-2H3. The summed E-state index contributed by atoms with van der Waals surface area (Å²) in [5.41, 5.74) is 0.695. The zero-order valence-electron chi connectivity index (χ0n) is 12.3. The lowest BCUT2D eigenvalue weighted by molar-refractivity contribution is 0.0779. The number of aryl methyl sites for hydroxylation is 1. The van der Waals surface area contributed by atoms with Crippen molar-refractivity contribution in [2.75, 3.05) is 26.7 Å². The molecule has 0 atom stereocenters. The number of nitrogens with zero attached hydrogens (tertiary/aromatic N) is 1. The van der Waals surface area contributed by atoms with Crippen LogP contribution in [-0.2, 0) is 0 Å². The van der Waals surface area contributed by atoms with Crippen molar-refractivity contribution in [3.05, 3.63) is 35.1 Å². The Labute approximate surface area is 120 Å². The Hall–Kier alpha value is -1.42. The lowest BCUT2D eigenvalue weighted by Gasteiger charge is -2.25. The van der Waals surface area contributed by atoms with Gasteiger partial charge in [0.15, 0.2) is 0 Å². The van der Waals surface area contributed by atoms with Gasteiger partial charge in [0.1, 0.15) is 5.82 Å². The highest BCUT2D eigenvalue weighted by molar-refractivity contribution is 5.94. The summed E-state index contributed by atoms with van der Waals surface area (Å²) in [6.45, 7) is 4.50. The van der Waals surface area contributed by atoms with Gasteiger partial charge in [-0.2, -0.15) is 0 Å². The van der Waals surface area contributed by atoms with Gasteiger partial charge in [0.25, 0.3) is 5.91 Å². The number of rotatable bonds is 4. The van der Waals surface area contributed by atoms with E-state index >= 15 is 0 Å². The minimum Gasteiger partial charge on any atom is -0.342 e. The van der Waals surface area contributed by atoms with Crippen molar-refractivity contribution < 1.29 is 9.18 Å². The molecular formula is C16H23FN2O. The Balaban J connectivity index is 1.92. The third kappa shape index (κ3) is 3.57. The molecule has 0 radical (unpaired) electrons. The molecule has 0 spiro atoms. The Morgan fingerprint density at radius 1 is 1.40 bits per heavy atom. The van der Waals surface area contributed by atoms with Crippen LogP contribution in [0.4, 0.5) is 4.39 Å². The van der Waals surface area contributed by atoms with Crippen LogP contribution in [0.15, 0.2) is 18.2 Å². The Kier molecular flexibility index (Phi) is 5.12. The van der Waals surface area contributed by atoms with Crippen molar-refractivity contribution in [3.63, 3.8) is 0 Å². The molecule has 4 heteroatoms. The molecule has 2 rings (SSSR count). The van der Waals surface area contributed by atoms with Crippen molar-refractivity contribution in [2.24, 2.45) is 5.92 Å². The van der Waals surface area contributed by atoms with Gasteiger partial charge in [0, 0.05) is 13.6 Å². The summed E-state index contributed by atoms with van der Waals surface area (Å²) in [7, 11) is 1.76. The first-order chi connectivity index (χ1) is 9.59. The van der Waals surface area contributed by atoms with Crippen molar-refractivity contribution in [1.82, 2.24) is 10.2 Å². The van der Waals surface area contributed by atoms with Crippen LogP contribution in [0.1, 0.15) is 35.2 Å². The topological polar surface area (TPSA) is 32.3 Å².